The highest BCUT2D eigenvalue weighted by atomic mass is 127. The molecule has 76 valence electrons. The Morgan fingerprint density at radius 2 is 1.86 bits per heavy atom. The summed E-state index contributed by atoms with van der Waals surface area (Å²) in [4.78, 5) is 10.9. The number of esters is 1. The molecule has 0 unspecified atom stereocenters. The fraction of sp³-hybridized carbons (Fsp3) is 0.364. The molecule has 0 aliphatic rings. The lowest BCUT2D eigenvalue weighted by atomic mass is 10.1. The van der Waals surface area contributed by atoms with E-state index in [1.54, 1.807) is 0 Å². The molecule has 0 aliphatic heterocycles. The van der Waals surface area contributed by atoms with Crippen LogP contribution in [0.15, 0.2) is 6.07 Å². The van der Waals surface area contributed by atoms with Gasteiger partial charge in [0.2, 0.25) is 0 Å². The molecule has 0 spiro atoms. The molecule has 1 aromatic rings. The van der Waals surface area contributed by atoms with E-state index in [-0.39, 0.29) is 5.97 Å². The summed E-state index contributed by atoms with van der Waals surface area (Å²) in [6.07, 6.45) is 0. The van der Waals surface area contributed by atoms with Crippen LogP contribution in [0, 0.1) is 24.3 Å². The van der Waals surface area contributed by atoms with Crippen molar-refractivity contribution in [2.75, 3.05) is 0 Å². The van der Waals surface area contributed by atoms with Crippen LogP contribution < -0.4 is 4.74 Å². The second-order valence-corrected chi connectivity index (χ2v) is 4.45. The minimum atomic E-state index is -0.268. The maximum Gasteiger partial charge on any atom is 0.308 e. The fourth-order valence-electron chi connectivity index (χ4n) is 1.45. The molecule has 3 heteroatoms. The zero-order valence-electron chi connectivity index (χ0n) is 8.77. The number of aryl methyl sites for hydroxylation is 2. The van der Waals surface area contributed by atoms with Crippen LogP contribution in [-0.2, 0) is 4.79 Å². The van der Waals surface area contributed by atoms with E-state index in [1.807, 2.05) is 19.9 Å². The normalized spacial score (nSPS) is 10.1. The molecule has 0 saturated heterocycles. The molecule has 0 fully saturated rings. The molecule has 0 saturated carbocycles. The first-order valence-electron chi connectivity index (χ1n) is 4.38. The molecule has 0 aromatic heterocycles. The topological polar surface area (TPSA) is 26.3 Å². The van der Waals surface area contributed by atoms with E-state index in [0.717, 1.165) is 14.7 Å². The van der Waals surface area contributed by atoms with Crippen molar-refractivity contribution in [2.45, 2.75) is 27.7 Å². The molecular formula is C11H13IO2. The summed E-state index contributed by atoms with van der Waals surface area (Å²) >= 11 is 2.27. The van der Waals surface area contributed by atoms with E-state index in [0.29, 0.717) is 5.75 Å². The Morgan fingerprint density at radius 3 is 2.36 bits per heavy atom. The van der Waals surface area contributed by atoms with Gasteiger partial charge in [0.25, 0.3) is 0 Å². The third-order valence-electron chi connectivity index (χ3n) is 2.05. The lowest BCUT2D eigenvalue weighted by Gasteiger charge is -2.12. The minimum absolute atomic E-state index is 0.268. The standard InChI is InChI=1S/C11H13IO2/c1-6-5-7(2)11(14-9(4)13)8(3)10(6)12/h5H,1-4H3. The van der Waals surface area contributed by atoms with Gasteiger partial charge in [0.05, 0.1) is 0 Å². The molecule has 0 radical (unpaired) electrons. The molecule has 0 heterocycles. The number of rotatable bonds is 1. The van der Waals surface area contributed by atoms with Crippen molar-refractivity contribution in [1.29, 1.82) is 0 Å². The third kappa shape index (κ3) is 2.26. The van der Waals surface area contributed by atoms with Gasteiger partial charge >= 0.3 is 5.97 Å². The van der Waals surface area contributed by atoms with Crippen LogP contribution in [0.2, 0.25) is 0 Å². The summed E-state index contributed by atoms with van der Waals surface area (Å²) in [7, 11) is 0. The van der Waals surface area contributed by atoms with E-state index >= 15 is 0 Å². The van der Waals surface area contributed by atoms with Gasteiger partial charge in [0.1, 0.15) is 5.75 Å². The summed E-state index contributed by atoms with van der Waals surface area (Å²) < 4.78 is 6.32. The number of carbonyl (C=O) groups excluding carboxylic acids is 1. The molecule has 0 aliphatic carbocycles. The minimum Gasteiger partial charge on any atom is -0.426 e. The van der Waals surface area contributed by atoms with Crippen molar-refractivity contribution >= 4 is 28.6 Å². The lowest BCUT2D eigenvalue weighted by Crippen LogP contribution is -2.06. The van der Waals surface area contributed by atoms with Crippen LogP contribution in [0.25, 0.3) is 0 Å². The maximum atomic E-state index is 10.9. The van der Waals surface area contributed by atoms with Crippen molar-refractivity contribution in [3.8, 4) is 5.75 Å². The molecule has 2 nitrogen and oxygen atoms in total. The van der Waals surface area contributed by atoms with Gasteiger partial charge in [-0.1, -0.05) is 6.07 Å². The van der Waals surface area contributed by atoms with Gasteiger partial charge in [0.15, 0.2) is 0 Å². The predicted octanol–water partition coefficient (Wildman–Crippen LogP) is 3.14. The van der Waals surface area contributed by atoms with Gasteiger partial charge in [-0.2, -0.15) is 0 Å². The van der Waals surface area contributed by atoms with Gasteiger partial charge in [-0.15, -0.1) is 0 Å². The predicted molar refractivity (Wildman–Crippen MR) is 64.7 cm³/mol. The van der Waals surface area contributed by atoms with Crippen molar-refractivity contribution in [3.63, 3.8) is 0 Å². The van der Waals surface area contributed by atoms with Crippen LogP contribution >= 0.6 is 22.6 Å². The monoisotopic (exact) mass is 304 g/mol. The van der Waals surface area contributed by atoms with Crippen molar-refractivity contribution in [3.05, 3.63) is 26.3 Å². The van der Waals surface area contributed by atoms with E-state index in [9.17, 15) is 4.79 Å². The van der Waals surface area contributed by atoms with E-state index in [4.69, 9.17) is 4.74 Å². The number of hydrogen-bond acceptors (Lipinski definition) is 2. The molecular weight excluding hydrogens is 291 g/mol. The van der Waals surface area contributed by atoms with Crippen LogP contribution in [0.4, 0.5) is 0 Å². The largest absolute Gasteiger partial charge is 0.426 e. The molecule has 0 bridgehead atoms. The third-order valence-corrected chi connectivity index (χ3v) is 3.71. The first-order chi connectivity index (χ1) is 6.43. The highest BCUT2D eigenvalue weighted by Crippen LogP contribution is 2.29. The second-order valence-electron chi connectivity index (χ2n) is 3.37. The molecule has 0 N–H and O–H groups in total. The van der Waals surface area contributed by atoms with Crippen LogP contribution in [-0.4, -0.2) is 5.97 Å². The zero-order valence-corrected chi connectivity index (χ0v) is 10.9. The average Bonchev–Trinajstić information content (AvgIpc) is 2.09. The zero-order chi connectivity index (χ0) is 10.9. The summed E-state index contributed by atoms with van der Waals surface area (Å²) in [5.41, 5.74) is 3.27. The Kier molecular flexibility index (Phi) is 3.53. The van der Waals surface area contributed by atoms with Crippen molar-refractivity contribution < 1.29 is 9.53 Å². The number of hydrogen-bond donors (Lipinski definition) is 0. The Bertz CT molecular complexity index is 383. The smallest absolute Gasteiger partial charge is 0.308 e. The Hall–Kier alpha value is -0.580. The number of halogens is 1. The lowest BCUT2D eigenvalue weighted by molar-refractivity contribution is -0.131. The highest BCUT2D eigenvalue weighted by Gasteiger charge is 2.11. The first-order valence-corrected chi connectivity index (χ1v) is 5.46. The quantitative estimate of drug-likeness (QED) is 0.453. The number of carbonyl (C=O) groups is 1. The Balaban J connectivity index is 3.29. The van der Waals surface area contributed by atoms with Crippen LogP contribution in [0.3, 0.4) is 0 Å². The summed E-state index contributed by atoms with van der Waals surface area (Å²) in [5.74, 6) is 0.434. The molecule has 1 rings (SSSR count). The van der Waals surface area contributed by atoms with E-state index in [1.165, 1.54) is 12.5 Å². The molecule has 0 amide bonds. The van der Waals surface area contributed by atoms with E-state index < -0.39 is 0 Å². The molecule has 1 aromatic carbocycles. The van der Waals surface area contributed by atoms with Crippen molar-refractivity contribution in [1.82, 2.24) is 0 Å². The summed E-state index contributed by atoms with van der Waals surface area (Å²) in [6, 6.07) is 2.03. The SMILES string of the molecule is CC(=O)Oc1c(C)cc(C)c(I)c1C. The number of ether oxygens (including phenoxy) is 1. The van der Waals surface area contributed by atoms with Crippen LogP contribution in [0.5, 0.6) is 5.75 Å². The van der Waals surface area contributed by atoms with Crippen molar-refractivity contribution in [2.24, 2.45) is 0 Å². The average molecular weight is 304 g/mol. The van der Waals surface area contributed by atoms with Gasteiger partial charge < -0.3 is 4.74 Å². The van der Waals surface area contributed by atoms with Crippen LogP contribution in [0.1, 0.15) is 23.6 Å². The fourth-order valence-corrected chi connectivity index (χ4v) is 1.85. The van der Waals surface area contributed by atoms with Gasteiger partial charge in [-0.25, -0.2) is 0 Å². The van der Waals surface area contributed by atoms with Gasteiger partial charge in [0, 0.05) is 16.1 Å². The first kappa shape index (κ1) is 11.5. The highest BCUT2D eigenvalue weighted by molar-refractivity contribution is 14.1. The van der Waals surface area contributed by atoms with Gasteiger partial charge in [-0.3, -0.25) is 4.79 Å². The molecule has 14 heavy (non-hydrogen) atoms. The summed E-state index contributed by atoms with van der Waals surface area (Å²) in [5, 5.41) is 0. The molecule has 0 atom stereocenters. The summed E-state index contributed by atoms with van der Waals surface area (Å²) in [6.45, 7) is 7.40. The van der Waals surface area contributed by atoms with Gasteiger partial charge in [-0.05, 0) is 54.5 Å². The Labute approximate surface area is 97.8 Å². The maximum absolute atomic E-state index is 10.9. The second kappa shape index (κ2) is 4.29. The Morgan fingerprint density at radius 1 is 1.29 bits per heavy atom. The number of benzene rings is 1. The van der Waals surface area contributed by atoms with E-state index in [2.05, 4.69) is 29.5 Å².